The van der Waals surface area contributed by atoms with E-state index < -0.39 is 6.17 Å². The van der Waals surface area contributed by atoms with E-state index >= 15 is 0 Å². The highest BCUT2D eigenvalue weighted by Gasteiger charge is 2.41. The maximum absolute atomic E-state index is 14.6. The van der Waals surface area contributed by atoms with E-state index in [1.807, 2.05) is 0 Å². The predicted octanol–water partition coefficient (Wildman–Crippen LogP) is 6.01. The van der Waals surface area contributed by atoms with Crippen LogP contribution in [0.5, 0.6) is 0 Å². The molecule has 0 heterocycles. The highest BCUT2D eigenvalue weighted by atomic mass is 19.1. The molecule has 0 saturated heterocycles. The van der Waals surface area contributed by atoms with Crippen LogP contribution in [0.15, 0.2) is 0 Å². The molecular formula is C19H35FO2. The third-order valence-corrected chi connectivity index (χ3v) is 6.22. The summed E-state index contributed by atoms with van der Waals surface area (Å²) in [6, 6.07) is 0. The average molecular weight is 314 g/mol. The van der Waals surface area contributed by atoms with Crippen LogP contribution in [0.1, 0.15) is 84.5 Å². The minimum atomic E-state index is -0.796. The molecule has 0 bridgehead atoms. The zero-order valence-corrected chi connectivity index (χ0v) is 14.5. The fourth-order valence-corrected chi connectivity index (χ4v) is 4.99. The largest absolute Gasteiger partial charge is 0.252 e. The minimum absolute atomic E-state index is 0.0918. The zero-order chi connectivity index (χ0) is 15.9. The third kappa shape index (κ3) is 4.67. The third-order valence-electron chi connectivity index (χ3n) is 6.22. The number of rotatable bonds is 7. The standard InChI is InChI=1S/C19H35FO2/c1-3-5-14-7-10-16(11-8-14)19(22-21)17-12-9-15(6-4-2)13-18(17)20/h14-19,21H,3-13H2,1-2H3. The monoisotopic (exact) mass is 314 g/mol. The van der Waals surface area contributed by atoms with Gasteiger partial charge in [-0.15, -0.1) is 0 Å². The molecule has 2 fully saturated rings. The smallest absolute Gasteiger partial charge is 0.106 e. The summed E-state index contributed by atoms with van der Waals surface area (Å²) in [6.07, 6.45) is 11.1. The lowest BCUT2D eigenvalue weighted by atomic mass is 9.70. The quantitative estimate of drug-likeness (QED) is 0.461. The second kappa shape index (κ2) is 9.22. The molecule has 0 aliphatic heterocycles. The molecule has 2 aliphatic rings. The average Bonchev–Trinajstić information content (AvgIpc) is 2.52. The lowest BCUT2D eigenvalue weighted by molar-refractivity contribution is -0.310. The van der Waals surface area contributed by atoms with Gasteiger partial charge >= 0.3 is 0 Å². The first kappa shape index (κ1) is 18.2. The van der Waals surface area contributed by atoms with E-state index in [-0.39, 0.29) is 12.0 Å². The van der Waals surface area contributed by atoms with Crippen molar-refractivity contribution in [3.63, 3.8) is 0 Å². The molecule has 4 atom stereocenters. The van der Waals surface area contributed by atoms with E-state index in [4.69, 9.17) is 4.89 Å². The van der Waals surface area contributed by atoms with Gasteiger partial charge in [0.15, 0.2) is 0 Å². The van der Waals surface area contributed by atoms with Crippen LogP contribution in [-0.4, -0.2) is 17.5 Å². The Morgan fingerprint density at radius 1 is 0.955 bits per heavy atom. The predicted molar refractivity (Wildman–Crippen MR) is 88.5 cm³/mol. The highest BCUT2D eigenvalue weighted by Crippen LogP contribution is 2.42. The Morgan fingerprint density at radius 3 is 2.09 bits per heavy atom. The molecule has 3 heteroatoms. The normalized spacial score (nSPS) is 37.9. The molecule has 0 amide bonds. The second-order valence-corrected chi connectivity index (χ2v) is 7.79. The molecule has 2 rings (SSSR count). The molecular weight excluding hydrogens is 279 g/mol. The van der Waals surface area contributed by atoms with E-state index in [9.17, 15) is 9.65 Å². The van der Waals surface area contributed by atoms with Crippen molar-refractivity contribution < 1.29 is 14.5 Å². The lowest BCUT2D eigenvalue weighted by Gasteiger charge is -2.40. The number of hydrogen-bond acceptors (Lipinski definition) is 2. The van der Waals surface area contributed by atoms with Crippen LogP contribution >= 0.6 is 0 Å². The molecule has 0 aromatic rings. The first-order valence-corrected chi connectivity index (χ1v) is 9.63. The maximum atomic E-state index is 14.6. The van der Waals surface area contributed by atoms with Crippen molar-refractivity contribution in [2.45, 2.75) is 96.8 Å². The van der Waals surface area contributed by atoms with Crippen molar-refractivity contribution in [2.75, 3.05) is 0 Å². The molecule has 0 aromatic carbocycles. The van der Waals surface area contributed by atoms with E-state index in [1.165, 1.54) is 25.7 Å². The van der Waals surface area contributed by atoms with Crippen LogP contribution in [0.3, 0.4) is 0 Å². The Kier molecular flexibility index (Phi) is 7.62. The summed E-state index contributed by atoms with van der Waals surface area (Å²) in [7, 11) is 0. The highest BCUT2D eigenvalue weighted by molar-refractivity contribution is 4.89. The Bertz CT molecular complexity index is 302. The molecule has 1 N–H and O–H groups in total. The molecule has 0 radical (unpaired) electrons. The van der Waals surface area contributed by atoms with Crippen LogP contribution in [0.25, 0.3) is 0 Å². The van der Waals surface area contributed by atoms with Crippen molar-refractivity contribution in [3.8, 4) is 0 Å². The topological polar surface area (TPSA) is 29.5 Å². The second-order valence-electron chi connectivity index (χ2n) is 7.79. The van der Waals surface area contributed by atoms with Crippen LogP contribution in [0.2, 0.25) is 0 Å². The van der Waals surface area contributed by atoms with Crippen molar-refractivity contribution in [1.29, 1.82) is 0 Å². The number of alkyl halides is 1. The summed E-state index contributed by atoms with van der Waals surface area (Å²) in [5, 5.41) is 9.42. The van der Waals surface area contributed by atoms with Gasteiger partial charge in [0.2, 0.25) is 0 Å². The molecule has 4 unspecified atom stereocenters. The molecule has 0 spiro atoms. The lowest BCUT2D eigenvalue weighted by Crippen LogP contribution is -2.41. The summed E-state index contributed by atoms with van der Waals surface area (Å²) < 4.78 is 14.6. The van der Waals surface area contributed by atoms with Gasteiger partial charge in [-0.25, -0.2) is 9.28 Å². The van der Waals surface area contributed by atoms with Gasteiger partial charge in [0.05, 0.1) is 0 Å². The van der Waals surface area contributed by atoms with Gasteiger partial charge in [-0.3, -0.25) is 5.26 Å². The van der Waals surface area contributed by atoms with Gasteiger partial charge in [-0.2, -0.15) is 0 Å². The summed E-state index contributed by atoms with van der Waals surface area (Å²) in [5.41, 5.74) is 0. The van der Waals surface area contributed by atoms with Gasteiger partial charge in [-0.1, -0.05) is 52.4 Å². The molecule has 2 aliphatic carbocycles. The minimum Gasteiger partial charge on any atom is -0.252 e. The van der Waals surface area contributed by atoms with Crippen LogP contribution in [0, 0.1) is 23.7 Å². The van der Waals surface area contributed by atoms with E-state index in [1.54, 1.807) is 0 Å². The number of hydrogen-bond donors (Lipinski definition) is 1. The van der Waals surface area contributed by atoms with Gasteiger partial charge in [-0.05, 0) is 49.9 Å². The van der Waals surface area contributed by atoms with Crippen LogP contribution < -0.4 is 0 Å². The van der Waals surface area contributed by atoms with Gasteiger partial charge in [0.25, 0.3) is 0 Å². The van der Waals surface area contributed by atoms with Crippen LogP contribution in [-0.2, 0) is 4.89 Å². The molecule has 22 heavy (non-hydrogen) atoms. The van der Waals surface area contributed by atoms with E-state index in [0.717, 1.165) is 44.4 Å². The van der Waals surface area contributed by atoms with Crippen molar-refractivity contribution in [2.24, 2.45) is 23.7 Å². The molecule has 0 aromatic heterocycles. The van der Waals surface area contributed by atoms with Crippen LogP contribution in [0.4, 0.5) is 4.39 Å². The summed E-state index contributed by atoms with van der Waals surface area (Å²) in [4.78, 5) is 4.85. The summed E-state index contributed by atoms with van der Waals surface area (Å²) in [5.74, 6) is 1.63. The Morgan fingerprint density at radius 2 is 1.55 bits per heavy atom. The van der Waals surface area contributed by atoms with Gasteiger partial charge < -0.3 is 0 Å². The summed E-state index contributed by atoms with van der Waals surface area (Å²) >= 11 is 0. The van der Waals surface area contributed by atoms with Crippen molar-refractivity contribution in [3.05, 3.63) is 0 Å². The first-order valence-electron chi connectivity index (χ1n) is 9.63. The van der Waals surface area contributed by atoms with Gasteiger partial charge in [0, 0.05) is 5.92 Å². The maximum Gasteiger partial charge on any atom is 0.106 e. The Balaban J connectivity index is 1.86. The first-order chi connectivity index (χ1) is 10.7. The Labute approximate surface area is 135 Å². The molecule has 130 valence electrons. The van der Waals surface area contributed by atoms with Crippen molar-refractivity contribution in [1.82, 2.24) is 0 Å². The van der Waals surface area contributed by atoms with E-state index in [0.29, 0.717) is 18.3 Å². The molecule has 2 saturated carbocycles. The fraction of sp³-hybridized carbons (Fsp3) is 1.00. The fourth-order valence-electron chi connectivity index (χ4n) is 4.99. The zero-order valence-electron chi connectivity index (χ0n) is 14.5. The SMILES string of the molecule is CCCC1CCC(C(OO)C2CCC(CCC)CC2F)CC1. The van der Waals surface area contributed by atoms with E-state index in [2.05, 4.69) is 13.8 Å². The Hall–Kier alpha value is -0.150. The number of halogens is 1. The van der Waals surface area contributed by atoms with Crippen molar-refractivity contribution >= 4 is 0 Å². The molecule has 2 nitrogen and oxygen atoms in total. The summed E-state index contributed by atoms with van der Waals surface area (Å²) in [6.45, 7) is 4.42. The van der Waals surface area contributed by atoms with Gasteiger partial charge in [0.1, 0.15) is 12.3 Å².